The topological polar surface area (TPSA) is 79.4 Å². The molecule has 0 fully saturated rings. The van der Waals surface area contributed by atoms with Crippen molar-refractivity contribution >= 4 is 34.4 Å². The Balaban J connectivity index is 1.32. The molecule has 3 aromatic carbocycles. The number of H-pyrrole nitrogens is 1. The summed E-state index contributed by atoms with van der Waals surface area (Å²) in [5.74, 6) is 0.428. The average molecular weight is 467 g/mol. The van der Waals surface area contributed by atoms with Crippen LogP contribution in [0.3, 0.4) is 0 Å². The van der Waals surface area contributed by atoms with Gasteiger partial charge in [-0.2, -0.15) is 13.9 Å². The molecule has 0 saturated carbocycles. The van der Waals surface area contributed by atoms with Crippen LogP contribution >= 0.6 is 11.8 Å². The van der Waals surface area contributed by atoms with Crippen LogP contribution in [0, 0.1) is 0 Å². The molecule has 4 rings (SSSR count). The number of nitrogens with one attached hydrogen (secondary N) is 2. The first kappa shape index (κ1) is 22.5. The van der Waals surface area contributed by atoms with Gasteiger partial charge < -0.3 is 9.72 Å². The fourth-order valence-electron chi connectivity index (χ4n) is 3.04. The Kier molecular flexibility index (Phi) is 6.99. The summed E-state index contributed by atoms with van der Waals surface area (Å²) in [5, 5.41) is 4.94. The number of hydrogen-bond acceptors (Lipinski definition) is 5. The van der Waals surface area contributed by atoms with E-state index >= 15 is 0 Å². The van der Waals surface area contributed by atoms with Crippen molar-refractivity contribution in [3.63, 3.8) is 0 Å². The van der Waals surface area contributed by atoms with E-state index in [2.05, 4.69) is 25.2 Å². The summed E-state index contributed by atoms with van der Waals surface area (Å²) < 4.78 is 28.8. The number of carbonyl (C=O) groups is 1. The van der Waals surface area contributed by atoms with Crippen molar-refractivity contribution in [2.24, 2.45) is 5.10 Å². The number of aromatic amines is 1. The normalized spacial score (nSPS) is 11.7. The van der Waals surface area contributed by atoms with E-state index < -0.39 is 6.61 Å². The summed E-state index contributed by atoms with van der Waals surface area (Å²) in [6, 6.07) is 21.2. The van der Waals surface area contributed by atoms with E-state index in [-0.39, 0.29) is 11.7 Å². The third kappa shape index (κ3) is 5.95. The third-order valence-corrected chi connectivity index (χ3v) is 5.73. The average Bonchev–Trinajstić information content (AvgIpc) is 3.24. The summed E-state index contributed by atoms with van der Waals surface area (Å²) in [4.78, 5) is 20.2. The van der Waals surface area contributed by atoms with Crippen LogP contribution in [-0.2, 0) is 5.75 Å². The molecule has 0 unspecified atom stereocenters. The van der Waals surface area contributed by atoms with Gasteiger partial charge in [-0.25, -0.2) is 10.4 Å². The highest BCUT2D eigenvalue weighted by atomic mass is 32.2. The number of benzene rings is 3. The van der Waals surface area contributed by atoms with Crippen LogP contribution in [0.15, 0.2) is 83.1 Å². The van der Waals surface area contributed by atoms with Gasteiger partial charge in [0.2, 0.25) is 0 Å². The molecular formula is C24H20F2N4O2S. The van der Waals surface area contributed by atoms with Crippen LogP contribution in [0.25, 0.3) is 11.0 Å². The van der Waals surface area contributed by atoms with Crippen LogP contribution in [-0.4, -0.2) is 28.2 Å². The van der Waals surface area contributed by atoms with Gasteiger partial charge in [0.15, 0.2) is 5.16 Å². The number of ether oxygens (including phenoxy) is 1. The third-order valence-electron chi connectivity index (χ3n) is 4.78. The lowest BCUT2D eigenvalue weighted by Gasteiger charge is -2.06. The molecule has 4 aromatic rings. The summed E-state index contributed by atoms with van der Waals surface area (Å²) in [6.45, 7) is -1.16. The molecule has 33 heavy (non-hydrogen) atoms. The zero-order valence-corrected chi connectivity index (χ0v) is 18.4. The van der Waals surface area contributed by atoms with Gasteiger partial charge in [-0.15, -0.1) is 0 Å². The van der Waals surface area contributed by atoms with Crippen molar-refractivity contribution in [1.29, 1.82) is 0 Å². The molecular weight excluding hydrogens is 446 g/mol. The van der Waals surface area contributed by atoms with Gasteiger partial charge >= 0.3 is 6.61 Å². The minimum Gasteiger partial charge on any atom is -0.435 e. The predicted octanol–water partition coefficient (Wildman–Crippen LogP) is 5.61. The molecule has 0 spiro atoms. The lowest BCUT2D eigenvalue weighted by Crippen LogP contribution is -2.19. The number of alkyl halides is 2. The lowest BCUT2D eigenvalue weighted by molar-refractivity contribution is -0.0498. The minimum atomic E-state index is -2.87. The Morgan fingerprint density at radius 2 is 1.76 bits per heavy atom. The minimum absolute atomic E-state index is 0.0594. The van der Waals surface area contributed by atoms with Crippen molar-refractivity contribution in [2.75, 3.05) is 0 Å². The van der Waals surface area contributed by atoms with Gasteiger partial charge in [0.05, 0.1) is 16.7 Å². The Hall–Kier alpha value is -3.72. The maximum absolute atomic E-state index is 12.4. The highest BCUT2D eigenvalue weighted by Crippen LogP contribution is 2.23. The second-order valence-electron chi connectivity index (χ2n) is 7.09. The first-order valence-corrected chi connectivity index (χ1v) is 11.0. The number of halogens is 2. The number of carbonyl (C=O) groups excluding carboxylic acids is 1. The van der Waals surface area contributed by atoms with E-state index in [9.17, 15) is 13.6 Å². The first-order valence-electron chi connectivity index (χ1n) is 10.0. The molecule has 6 nitrogen and oxygen atoms in total. The number of hydrogen-bond donors (Lipinski definition) is 2. The number of fused-ring (bicyclic) bond motifs is 1. The number of thioether (sulfide) groups is 1. The molecule has 168 valence electrons. The van der Waals surface area contributed by atoms with Crippen molar-refractivity contribution in [3.8, 4) is 5.75 Å². The van der Waals surface area contributed by atoms with Crippen LogP contribution < -0.4 is 10.2 Å². The number of imidazole rings is 1. The maximum atomic E-state index is 12.4. The number of nitrogens with zero attached hydrogens (tertiary/aromatic N) is 2. The summed E-state index contributed by atoms with van der Waals surface area (Å²) in [7, 11) is 0. The summed E-state index contributed by atoms with van der Waals surface area (Å²) in [6.07, 6.45) is 0. The smallest absolute Gasteiger partial charge is 0.387 e. The fourth-order valence-corrected chi connectivity index (χ4v) is 3.88. The van der Waals surface area contributed by atoms with E-state index in [0.29, 0.717) is 22.6 Å². The maximum Gasteiger partial charge on any atom is 0.387 e. The standard InChI is InChI=1S/C24H20F2N4O2S/c1-15(17-10-12-19(13-11-17)32-23(25)26)29-30-22(31)18-8-6-16(7-9-18)14-33-24-27-20-4-2-3-5-21(20)28-24/h2-13,23H,14H2,1H3,(H,27,28)(H,30,31)/b29-15+. The highest BCUT2D eigenvalue weighted by Gasteiger charge is 2.08. The van der Waals surface area contributed by atoms with Crippen LogP contribution in [0.4, 0.5) is 8.78 Å². The molecule has 2 N–H and O–H groups in total. The molecule has 1 amide bonds. The molecule has 0 radical (unpaired) electrons. The van der Waals surface area contributed by atoms with E-state index in [1.165, 1.54) is 12.1 Å². The van der Waals surface area contributed by atoms with Gasteiger partial charge in [0, 0.05) is 11.3 Å². The molecule has 0 aliphatic rings. The zero-order chi connectivity index (χ0) is 23.2. The van der Waals surface area contributed by atoms with Crippen LogP contribution in [0.1, 0.15) is 28.4 Å². The molecule has 0 bridgehead atoms. The number of amides is 1. The Morgan fingerprint density at radius 1 is 1.06 bits per heavy atom. The Bertz CT molecular complexity index is 1240. The summed E-state index contributed by atoms with van der Waals surface area (Å²) >= 11 is 1.59. The molecule has 9 heteroatoms. The fraction of sp³-hybridized carbons (Fsp3) is 0.125. The van der Waals surface area contributed by atoms with Crippen molar-refractivity contribution in [1.82, 2.24) is 15.4 Å². The van der Waals surface area contributed by atoms with Gasteiger partial charge in [-0.3, -0.25) is 4.79 Å². The van der Waals surface area contributed by atoms with Crippen LogP contribution in [0.5, 0.6) is 5.75 Å². The largest absolute Gasteiger partial charge is 0.435 e. The van der Waals surface area contributed by atoms with Crippen molar-refractivity contribution in [2.45, 2.75) is 24.4 Å². The number of rotatable bonds is 8. The van der Waals surface area contributed by atoms with Gasteiger partial charge in [-0.1, -0.05) is 36.0 Å². The second kappa shape index (κ2) is 10.3. The highest BCUT2D eigenvalue weighted by molar-refractivity contribution is 7.98. The van der Waals surface area contributed by atoms with Crippen LogP contribution in [0.2, 0.25) is 0 Å². The number of hydrazone groups is 1. The number of para-hydroxylation sites is 2. The van der Waals surface area contributed by atoms with E-state index in [0.717, 1.165) is 21.8 Å². The SMILES string of the molecule is C/C(=N\NC(=O)c1ccc(CSc2nc3ccccc3[nH]2)cc1)c1ccc(OC(F)F)cc1. The first-order chi connectivity index (χ1) is 16.0. The molecule has 1 aromatic heterocycles. The Labute approximate surface area is 193 Å². The molecule has 0 aliphatic carbocycles. The van der Waals surface area contributed by atoms with Gasteiger partial charge in [0.25, 0.3) is 5.91 Å². The quantitative estimate of drug-likeness (QED) is 0.201. The summed E-state index contributed by atoms with van der Waals surface area (Å²) in [5.41, 5.74) is 7.19. The van der Waals surface area contributed by atoms with Crippen molar-refractivity contribution in [3.05, 3.63) is 89.5 Å². The monoisotopic (exact) mass is 466 g/mol. The zero-order valence-electron chi connectivity index (χ0n) is 17.6. The number of aromatic nitrogens is 2. The molecule has 1 heterocycles. The second-order valence-corrected chi connectivity index (χ2v) is 8.05. The van der Waals surface area contributed by atoms with Gasteiger partial charge in [0.1, 0.15) is 5.75 Å². The van der Waals surface area contributed by atoms with E-state index in [1.54, 1.807) is 43.0 Å². The molecule has 0 aliphatic heterocycles. The van der Waals surface area contributed by atoms with E-state index in [4.69, 9.17) is 0 Å². The Morgan fingerprint density at radius 3 is 2.45 bits per heavy atom. The van der Waals surface area contributed by atoms with Gasteiger partial charge in [-0.05, 0) is 66.6 Å². The molecule has 0 atom stereocenters. The predicted molar refractivity (Wildman–Crippen MR) is 125 cm³/mol. The van der Waals surface area contributed by atoms with Crippen molar-refractivity contribution < 1.29 is 18.3 Å². The van der Waals surface area contributed by atoms with E-state index in [1.807, 2.05) is 36.4 Å². The lowest BCUT2D eigenvalue weighted by atomic mass is 10.1. The molecule has 0 saturated heterocycles.